The first-order valence-corrected chi connectivity index (χ1v) is 6.08. The summed E-state index contributed by atoms with van der Waals surface area (Å²) in [4.78, 5) is 13.6. The van der Waals surface area contributed by atoms with Crippen molar-refractivity contribution < 1.29 is 4.79 Å². The number of carbonyl (C=O) groups is 1. The number of benzene rings is 1. The van der Waals surface area contributed by atoms with Crippen molar-refractivity contribution >= 4 is 5.91 Å². The second-order valence-corrected chi connectivity index (χ2v) is 4.55. The molecule has 1 amide bonds. The van der Waals surface area contributed by atoms with Gasteiger partial charge in [0.05, 0.1) is 0 Å². The van der Waals surface area contributed by atoms with Gasteiger partial charge in [-0.15, -0.1) is 0 Å². The molecule has 0 spiro atoms. The maximum Gasteiger partial charge on any atom is 0.219 e. The number of hydrogen-bond acceptors (Lipinski definition) is 1. The lowest BCUT2D eigenvalue weighted by molar-refractivity contribution is -0.132. The van der Waals surface area contributed by atoms with Crippen molar-refractivity contribution in [1.82, 2.24) is 4.90 Å². The van der Waals surface area contributed by atoms with Crippen molar-refractivity contribution in [3.05, 3.63) is 35.9 Å². The molecule has 1 fully saturated rings. The summed E-state index contributed by atoms with van der Waals surface area (Å²) in [7, 11) is 0. The number of rotatable bonds is 2. The minimum absolute atomic E-state index is 0.223. The van der Waals surface area contributed by atoms with E-state index < -0.39 is 0 Å². The largest absolute Gasteiger partial charge is 0.340 e. The topological polar surface area (TPSA) is 20.3 Å². The van der Waals surface area contributed by atoms with Gasteiger partial charge < -0.3 is 4.90 Å². The van der Waals surface area contributed by atoms with Gasteiger partial charge in [-0.1, -0.05) is 30.3 Å². The number of amides is 1. The molecule has 86 valence electrons. The zero-order valence-corrected chi connectivity index (χ0v) is 9.86. The molecule has 0 N–H and O–H groups in total. The lowest BCUT2D eigenvalue weighted by Crippen LogP contribution is -2.43. The molecule has 1 heterocycles. The monoisotopic (exact) mass is 217 g/mol. The van der Waals surface area contributed by atoms with Gasteiger partial charge in [0.25, 0.3) is 0 Å². The van der Waals surface area contributed by atoms with E-state index in [4.69, 9.17) is 0 Å². The molecule has 2 nitrogen and oxygen atoms in total. The van der Waals surface area contributed by atoms with Gasteiger partial charge in [-0.25, -0.2) is 0 Å². The highest BCUT2D eigenvalue weighted by Crippen LogP contribution is 2.20. The van der Waals surface area contributed by atoms with E-state index in [0.717, 1.165) is 25.8 Å². The van der Waals surface area contributed by atoms with Crippen molar-refractivity contribution in [1.29, 1.82) is 0 Å². The second kappa shape index (κ2) is 5.15. The maximum absolute atomic E-state index is 11.5. The Kier molecular flexibility index (Phi) is 3.60. The molecular formula is C14H19NO. The fourth-order valence-corrected chi connectivity index (χ4v) is 2.51. The molecule has 1 atom stereocenters. The molecule has 2 heteroatoms. The fourth-order valence-electron chi connectivity index (χ4n) is 2.51. The highest BCUT2D eigenvalue weighted by Gasteiger charge is 2.24. The molecule has 1 aromatic rings. The molecule has 0 saturated carbocycles. The van der Waals surface area contributed by atoms with Crippen LogP contribution >= 0.6 is 0 Å². The number of nitrogens with zero attached hydrogens (tertiary/aromatic N) is 1. The number of likely N-dealkylation sites (tertiary alicyclic amines) is 1. The van der Waals surface area contributed by atoms with E-state index in [1.165, 1.54) is 12.0 Å². The standard InChI is InChI=1S/C14H19NO/c1-12(16)15-10-6-5-9-14(15)11-13-7-3-2-4-8-13/h2-4,7-8,14H,5-6,9-11H2,1H3. The predicted octanol–water partition coefficient (Wildman–Crippen LogP) is 2.63. The SMILES string of the molecule is CC(=O)N1CCCCC1Cc1ccccc1. The molecule has 2 rings (SSSR count). The minimum atomic E-state index is 0.223. The molecule has 1 unspecified atom stereocenters. The Morgan fingerprint density at radius 3 is 2.75 bits per heavy atom. The van der Waals surface area contributed by atoms with Crippen molar-refractivity contribution in [2.24, 2.45) is 0 Å². The van der Waals surface area contributed by atoms with Gasteiger partial charge in [-0.2, -0.15) is 0 Å². The average molecular weight is 217 g/mol. The summed E-state index contributed by atoms with van der Waals surface area (Å²) in [5, 5.41) is 0. The Hall–Kier alpha value is -1.31. The Morgan fingerprint density at radius 2 is 2.06 bits per heavy atom. The number of hydrogen-bond donors (Lipinski definition) is 0. The van der Waals surface area contributed by atoms with E-state index in [2.05, 4.69) is 24.3 Å². The third kappa shape index (κ3) is 2.63. The molecule has 1 aliphatic rings. The van der Waals surface area contributed by atoms with Crippen LogP contribution in [0.25, 0.3) is 0 Å². The van der Waals surface area contributed by atoms with E-state index in [-0.39, 0.29) is 5.91 Å². The Labute approximate surface area is 97.3 Å². The zero-order valence-electron chi connectivity index (χ0n) is 9.86. The Morgan fingerprint density at radius 1 is 1.31 bits per heavy atom. The van der Waals surface area contributed by atoms with Crippen molar-refractivity contribution in [3.8, 4) is 0 Å². The van der Waals surface area contributed by atoms with Crippen molar-refractivity contribution in [2.45, 2.75) is 38.6 Å². The summed E-state index contributed by atoms with van der Waals surface area (Å²) in [5.41, 5.74) is 1.33. The van der Waals surface area contributed by atoms with Gasteiger partial charge in [-0.3, -0.25) is 4.79 Å². The minimum Gasteiger partial charge on any atom is -0.340 e. The van der Waals surface area contributed by atoms with E-state index >= 15 is 0 Å². The second-order valence-electron chi connectivity index (χ2n) is 4.55. The molecule has 0 aromatic heterocycles. The van der Waals surface area contributed by atoms with Gasteiger partial charge in [0, 0.05) is 19.5 Å². The fraction of sp³-hybridized carbons (Fsp3) is 0.500. The third-order valence-corrected chi connectivity index (χ3v) is 3.35. The van der Waals surface area contributed by atoms with Gasteiger partial charge >= 0.3 is 0 Å². The quantitative estimate of drug-likeness (QED) is 0.745. The normalized spacial score (nSPS) is 20.8. The molecule has 1 saturated heterocycles. The van der Waals surface area contributed by atoms with Crippen LogP contribution in [0.2, 0.25) is 0 Å². The summed E-state index contributed by atoms with van der Waals surface area (Å²) in [6, 6.07) is 10.9. The van der Waals surface area contributed by atoms with Crippen LogP contribution in [0.3, 0.4) is 0 Å². The maximum atomic E-state index is 11.5. The van der Waals surface area contributed by atoms with Crippen LogP contribution in [-0.4, -0.2) is 23.4 Å². The first kappa shape index (κ1) is 11.2. The van der Waals surface area contributed by atoms with Crippen LogP contribution in [0.1, 0.15) is 31.7 Å². The van der Waals surface area contributed by atoms with Crippen LogP contribution in [0.15, 0.2) is 30.3 Å². The van der Waals surface area contributed by atoms with Crippen LogP contribution in [0.4, 0.5) is 0 Å². The zero-order chi connectivity index (χ0) is 11.4. The smallest absolute Gasteiger partial charge is 0.219 e. The highest BCUT2D eigenvalue weighted by atomic mass is 16.2. The van der Waals surface area contributed by atoms with E-state index in [1.54, 1.807) is 6.92 Å². The van der Waals surface area contributed by atoms with E-state index in [0.29, 0.717) is 6.04 Å². The van der Waals surface area contributed by atoms with Crippen molar-refractivity contribution in [3.63, 3.8) is 0 Å². The summed E-state index contributed by atoms with van der Waals surface area (Å²) in [6.07, 6.45) is 4.56. The van der Waals surface area contributed by atoms with Crippen LogP contribution in [-0.2, 0) is 11.2 Å². The van der Waals surface area contributed by atoms with Crippen LogP contribution in [0, 0.1) is 0 Å². The summed E-state index contributed by atoms with van der Waals surface area (Å²) in [6.45, 7) is 2.62. The van der Waals surface area contributed by atoms with Gasteiger partial charge in [0.2, 0.25) is 5.91 Å². The van der Waals surface area contributed by atoms with Gasteiger partial charge in [0.15, 0.2) is 0 Å². The Balaban J connectivity index is 2.04. The molecule has 0 aliphatic carbocycles. The lowest BCUT2D eigenvalue weighted by atomic mass is 9.95. The van der Waals surface area contributed by atoms with E-state index in [9.17, 15) is 4.79 Å². The first-order valence-electron chi connectivity index (χ1n) is 6.08. The first-order chi connectivity index (χ1) is 7.77. The molecule has 0 radical (unpaired) electrons. The molecule has 1 aromatic carbocycles. The predicted molar refractivity (Wildman–Crippen MR) is 65.2 cm³/mol. The summed E-state index contributed by atoms with van der Waals surface area (Å²) < 4.78 is 0. The van der Waals surface area contributed by atoms with Gasteiger partial charge in [0.1, 0.15) is 0 Å². The van der Waals surface area contributed by atoms with Crippen LogP contribution < -0.4 is 0 Å². The molecule has 1 aliphatic heterocycles. The summed E-state index contributed by atoms with van der Waals surface area (Å²) in [5.74, 6) is 0.223. The van der Waals surface area contributed by atoms with Crippen molar-refractivity contribution in [2.75, 3.05) is 6.54 Å². The van der Waals surface area contributed by atoms with Crippen LogP contribution in [0.5, 0.6) is 0 Å². The highest BCUT2D eigenvalue weighted by molar-refractivity contribution is 5.73. The molecule has 0 bridgehead atoms. The molecular weight excluding hydrogens is 198 g/mol. The van der Waals surface area contributed by atoms with Gasteiger partial charge in [-0.05, 0) is 31.2 Å². The van der Waals surface area contributed by atoms with E-state index in [1.807, 2.05) is 11.0 Å². The Bertz CT molecular complexity index is 347. The summed E-state index contributed by atoms with van der Waals surface area (Å²) >= 11 is 0. The average Bonchev–Trinajstić information content (AvgIpc) is 2.31. The number of piperidine rings is 1. The molecule has 16 heavy (non-hydrogen) atoms. The number of carbonyl (C=O) groups excluding carboxylic acids is 1. The lowest BCUT2D eigenvalue weighted by Gasteiger charge is -2.35. The third-order valence-electron chi connectivity index (χ3n) is 3.35.